The van der Waals surface area contributed by atoms with E-state index in [2.05, 4.69) is 70.6 Å². The van der Waals surface area contributed by atoms with Crippen LogP contribution >= 0.6 is 23.2 Å². The lowest BCUT2D eigenvalue weighted by Gasteiger charge is -2.41. The molecule has 1 aliphatic rings. The molecule has 0 N–H and O–H groups in total. The van der Waals surface area contributed by atoms with Gasteiger partial charge < -0.3 is 4.90 Å². The van der Waals surface area contributed by atoms with Crippen LogP contribution < -0.4 is 0 Å². The number of hydrogen-bond donors (Lipinski definition) is 0. The summed E-state index contributed by atoms with van der Waals surface area (Å²) in [5.74, 6) is 0. The van der Waals surface area contributed by atoms with E-state index in [0.29, 0.717) is 0 Å². The summed E-state index contributed by atoms with van der Waals surface area (Å²) in [6.07, 6.45) is 6.24. The van der Waals surface area contributed by atoms with Gasteiger partial charge in [-0.1, -0.05) is 83.9 Å². The highest BCUT2D eigenvalue weighted by Gasteiger charge is 2.40. The molecule has 0 amide bonds. The van der Waals surface area contributed by atoms with Crippen LogP contribution in [-0.2, 0) is 10.8 Å². The van der Waals surface area contributed by atoms with E-state index < -0.39 is 10.8 Å². The molecule has 198 valence electrons. The van der Waals surface area contributed by atoms with E-state index in [0.717, 1.165) is 82.3 Å². The zero-order valence-corrected chi connectivity index (χ0v) is 24.0. The van der Waals surface area contributed by atoms with Crippen LogP contribution in [0.1, 0.15) is 52.6 Å². The van der Waals surface area contributed by atoms with Crippen molar-refractivity contribution in [3.63, 3.8) is 0 Å². The third-order valence-corrected chi connectivity index (χ3v) is 9.35. The van der Waals surface area contributed by atoms with Gasteiger partial charge in [-0.15, -0.1) is 0 Å². The Kier molecular flexibility index (Phi) is 8.10. The normalized spacial score (nSPS) is 15.6. The molecule has 4 aromatic rings. The lowest BCUT2D eigenvalue weighted by molar-refractivity contribution is 0.177. The van der Waals surface area contributed by atoms with Crippen molar-refractivity contribution >= 4 is 23.2 Å². The first-order chi connectivity index (χ1) is 18.9. The fraction of sp³-hybridized carbons (Fsp3) is 0.294. The maximum absolute atomic E-state index is 10.2. The highest BCUT2D eigenvalue weighted by Crippen LogP contribution is 2.45. The molecule has 3 aromatic carbocycles. The summed E-state index contributed by atoms with van der Waals surface area (Å²) in [5.41, 5.74) is 5.66. The lowest BCUT2D eigenvalue weighted by atomic mass is 9.67. The van der Waals surface area contributed by atoms with E-state index in [1.165, 1.54) is 0 Å². The van der Waals surface area contributed by atoms with Gasteiger partial charge in [0.15, 0.2) is 0 Å². The van der Waals surface area contributed by atoms with Gasteiger partial charge in [-0.25, -0.2) is 0 Å². The predicted octanol–water partition coefficient (Wildman–Crippen LogP) is 8.29. The average Bonchev–Trinajstić information content (AvgIpc) is 2.98. The number of rotatable bonds is 7. The second-order valence-corrected chi connectivity index (χ2v) is 11.5. The smallest absolute Gasteiger partial charge is 0.0846 e. The van der Waals surface area contributed by atoms with E-state index in [4.69, 9.17) is 23.2 Å². The quantitative estimate of drug-likeness (QED) is 0.231. The molecule has 0 radical (unpaired) electrons. The van der Waals surface area contributed by atoms with Crippen LogP contribution in [0.4, 0.5) is 0 Å². The number of nitriles is 1. The van der Waals surface area contributed by atoms with Crippen molar-refractivity contribution < 1.29 is 0 Å². The van der Waals surface area contributed by atoms with Crippen molar-refractivity contribution in [3.05, 3.63) is 135 Å². The van der Waals surface area contributed by atoms with Crippen molar-refractivity contribution in [3.8, 4) is 6.07 Å². The molecule has 0 unspecified atom stereocenters. The van der Waals surface area contributed by atoms with E-state index >= 15 is 0 Å². The van der Waals surface area contributed by atoms with Crippen molar-refractivity contribution in [2.75, 3.05) is 19.6 Å². The summed E-state index contributed by atoms with van der Waals surface area (Å²) in [4.78, 5) is 7.02. The molecule has 1 saturated heterocycles. The number of aryl methyl sites for hydroxylation is 2. The number of likely N-dealkylation sites (tertiary alicyclic amines) is 1. The summed E-state index contributed by atoms with van der Waals surface area (Å²) < 4.78 is 0. The number of aromatic nitrogens is 1. The SMILES string of the molecule is Cc1ccc(C(CCN2CCC(C#N)(c3ccccc3)CC2)(c2cccnc2)c2ccc(C)c(Cl)c2)cc1Cl. The monoisotopic (exact) mass is 553 g/mol. The lowest BCUT2D eigenvalue weighted by Crippen LogP contribution is -2.44. The molecular formula is C34H33Cl2N3. The number of nitrogens with zero attached hydrogens (tertiary/aromatic N) is 3. The first-order valence-corrected chi connectivity index (χ1v) is 14.3. The maximum atomic E-state index is 10.2. The van der Waals surface area contributed by atoms with Crippen molar-refractivity contribution in [2.24, 2.45) is 0 Å². The average molecular weight is 555 g/mol. The minimum absolute atomic E-state index is 0.423. The van der Waals surface area contributed by atoms with Gasteiger partial charge in [0, 0.05) is 27.9 Å². The molecule has 0 bridgehead atoms. The van der Waals surface area contributed by atoms with E-state index in [-0.39, 0.29) is 0 Å². The Hall–Kier alpha value is -3.16. The van der Waals surface area contributed by atoms with E-state index in [1.807, 2.05) is 50.5 Å². The Bertz CT molecular complexity index is 1420. The van der Waals surface area contributed by atoms with Crippen LogP contribution in [0.15, 0.2) is 91.3 Å². The molecule has 0 aliphatic carbocycles. The molecular weight excluding hydrogens is 521 g/mol. The Morgan fingerprint density at radius 1 is 0.846 bits per heavy atom. The first kappa shape index (κ1) is 27.4. The third kappa shape index (κ3) is 5.35. The molecule has 1 aliphatic heterocycles. The number of piperidine rings is 1. The number of halogens is 2. The third-order valence-electron chi connectivity index (χ3n) is 8.54. The Morgan fingerprint density at radius 2 is 1.46 bits per heavy atom. The molecule has 5 heteroatoms. The van der Waals surface area contributed by atoms with Crippen LogP contribution in [0.2, 0.25) is 10.0 Å². The molecule has 1 aromatic heterocycles. The first-order valence-electron chi connectivity index (χ1n) is 13.5. The van der Waals surface area contributed by atoms with Gasteiger partial charge in [0.25, 0.3) is 0 Å². The highest BCUT2D eigenvalue weighted by molar-refractivity contribution is 6.31. The van der Waals surface area contributed by atoms with Crippen molar-refractivity contribution in [2.45, 2.75) is 43.9 Å². The second-order valence-electron chi connectivity index (χ2n) is 10.7. The summed E-state index contributed by atoms with van der Waals surface area (Å²) in [6.45, 7) is 6.66. The van der Waals surface area contributed by atoms with E-state index in [1.54, 1.807) is 0 Å². The van der Waals surface area contributed by atoms with Gasteiger partial charge in [0.05, 0.1) is 11.5 Å². The molecule has 39 heavy (non-hydrogen) atoms. The van der Waals surface area contributed by atoms with Crippen LogP contribution in [0.25, 0.3) is 0 Å². The second kappa shape index (κ2) is 11.5. The van der Waals surface area contributed by atoms with Gasteiger partial charge >= 0.3 is 0 Å². The Balaban J connectivity index is 1.52. The molecule has 0 spiro atoms. The van der Waals surface area contributed by atoms with Crippen LogP contribution in [0, 0.1) is 25.2 Å². The van der Waals surface area contributed by atoms with Crippen LogP contribution in [0.5, 0.6) is 0 Å². The summed E-state index contributed by atoms with van der Waals surface area (Å²) in [7, 11) is 0. The molecule has 2 heterocycles. The van der Waals surface area contributed by atoms with Gasteiger partial charge in [-0.05, 0) is 104 Å². The molecule has 0 atom stereocenters. The zero-order chi connectivity index (χ0) is 27.5. The zero-order valence-electron chi connectivity index (χ0n) is 22.5. The number of pyridine rings is 1. The maximum Gasteiger partial charge on any atom is 0.0846 e. The predicted molar refractivity (Wildman–Crippen MR) is 161 cm³/mol. The minimum atomic E-state index is -0.494. The Morgan fingerprint density at radius 3 is 1.97 bits per heavy atom. The van der Waals surface area contributed by atoms with Crippen molar-refractivity contribution in [1.82, 2.24) is 9.88 Å². The van der Waals surface area contributed by atoms with Crippen LogP contribution in [0.3, 0.4) is 0 Å². The highest BCUT2D eigenvalue weighted by atomic mass is 35.5. The van der Waals surface area contributed by atoms with Gasteiger partial charge in [-0.2, -0.15) is 5.26 Å². The molecule has 5 rings (SSSR count). The van der Waals surface area contributed by atoms with Crippen molar-refractivity contribution in [1.29, 1.82) is 5.26 Å². The number of benzene rings is 3. The van der Waals surface area contributed by atoms with Crippen LogP contribution in [-0.4, -0.2) is 29.5 Å². The van der Waals surface area contributed by atoms with Gasteiger partial charge in [0.1, 0.15) is 0 Å². The minimum Gasteiger partial charge on any atom is -0.303 e. The topological polar surface area (TPSA) is 39.9 Å². The summed E-state index contributed by atoms with van der Waals surface area (Å²) in [6, 6.07) is 29.8. The molecule has 3 nitrogen and oxygen atoms in total. The van der Waals surface area contributed by atoms with E-state index in [9.17, 15) is 5.26 Å². The Labute approximate surface area is 242 Å². The fourth-order valence-corrected chi connectivity index (χ4v) is 6.33. The van der Waals surface area contributed by atoms with Gasteiger partial charge in [-0.3, -0.25) is 4.98 Å². The standard InChI is InChI=1S/C34H33Cl2N3/c1-25-10-12-28(21-31(25)35)34(30-9-6-17-38-23-30,29-13-11-26(2)32(36)22-29)16-20-39-18-14-33(24-37,15-19-39)27-7-4-3-5-8-27/h3-13,17,21-23H,14-16,18-20H2,1-2H3. The van der Waals surface area contributed by atoms with Gasteiger partial charge in [0.2, 0.25) is 0 Å². The fourth-order valence-electron chi connectivity index (χ4n) is 5.97. The largest absolute Gasteiger partial charge is 0.303 e. The molecule has 0 saturated carbocycles. The number of hydrogen-bond acceptors (Lipinski definition) is 3. The summed E-state index contributed by atoms with van der Waals surface area (Å²) >= 11 is 13.4. The summed E-state index contributed by atoms with van der Waals surface area (Å²) in [5, 5.41) is 11.7. The molecule has 1 fully saturated rings.